The summed E-state index contributed by atoms with van der Waals surface area (Å²) < 4.78 is 1.09. The molecule has 0 aliphatic carbocycles. The average Bonchev–Trinajstić information content (AvgIpc) is 2.29. The van der Waals surface area contributed by atoms with Gasteiger partial charge >= 0.3 is 0 Å². The van der Waals surface area contributed by atoms with Gasteiger partial charge in [-0.2, -0.15) is 5.26 Å². The fraction of sp³-hybridized carbons (Fsp3) is 0.533. The molecule has 2 rings (SSSR count). The van der Waals surface area contributed by atoms with E-state index in [-0.39, 0.29) is 11.6 Å². The van der Waals surface area contributed by atoms with Crippen LogP contribution in [-0.4, -0.2) is 36.6 Å². The number of benzene rings is 1. The van der Waals surface area contributed by atoms with Gasteiger partial charge in [0.05, 0.1) is 24.2 Å². The largest absolute Gasteiger partial charge is 0.359 e. The van der Waals surface area contributed by atoms with E-state index < -0.39 is 0 Å². The molecule has 0 saturated carbocycles. The third-order valence-corrected chi connectivity index (χ3v) is 4.31. The lowest BCUT2D eigenvalue weighted by Crippen LogP contribution is -2.63. The van der Waals surface area contributed by atoms with Crippen LogP contribution in [0.25, 0.3) is 0 Å². The minimum absolute atomic E-state index is 0.0123. The van der Waals surface area contributed by atoms with Gasteiger partial charge in [-0.05, 0) is 49.0 Å². The number of anilines is 1. The van der Waals surface area contributed by atoms with Gasteiger partial charge in [0.1, 0.15) is 0 Å². The monoisotopic (exact) mass is 321 g/mol. The van der Waals surface area contributed by atoms with E-state index in [4.69, 9.17) is 5.26 Å². The first-order valence-corrected chi connectivity index (χ1v) is 7.34. The van der Waals surface area contributed by atoms with E-state index in [1.807, 2.05) is 6.07 Å². The molecule has 1 atom stereocenters. The van der Waals surface area contributed by atoms with Gasteiger partial charge in [0.2, 0.25) is 0 Å². The Balaban J connectivity index is 2.43. The predicted molar refractivity (Wildman–Crippen MR) is 82.2 cm³/mol. The van der Waals surface area contributed by atoms with E-state index in [2.05, 4.69) is 70.9 Å². The molecule has 1 saturated heterocycles. The van der Waals surface area contributed by atoms with Crippen molar-refractivity contribution in [2.45, 2.75) is 31.8 Å². The Morgan fingerprint density at radius 1 is 1.42 bits per heavy atom. The number of likely N-dealkylation sites (N-methyl/N-ethyl adjacent to an activating group) is 1. The summed E-state index contributed by atoms with van der Waals surface area (Å²) in [7, 11) is 2.13. The molecular formula is C15H20BrN3. The zero-order valence-electron chi connectivity index (χ0n) is 11.7. The molecule has 4 heteroatoms. The molecule has 1 aliphatic rings. The molecular weight excluding hydrogens is 302 g/mol. The minimum atomic E-state index is 0.0123. The van der Waals surface area contributed by atoms with E-state index >= 15 is 0 Å². The Morgan fingerprint density at radius 3 is 2.74 bits per heavy atom. The van der Waals surface area contributed by atoms with Crippen molar-refractivity contribution < 1.29 is 0 Å². The van der Waals surface area contributed by atoms with Crippen LogP contribution in [0.15, 0.2) is 28.7 Å². The number of halogens is 1. The van der Waals surface area contributed by atoms with Crippen molar-refractivity contribution >= 4 is 21.6 Å². The number of nitrogens with zero attached hydrogens (tertiary/aromatic N) is 3. The molecule has 1 unspecified atom stereocenters. The second-order valence-corrected chi connectivity index (χ2v) is 6.70. The van der Waals surface area contributed by atoms with Crippen LogP contribution in [0, 0.1) is 11.3 Å². The zero-order valence-corrected chi connectivity index (χ0v) is 13.3. The zero-order chi connectivity index (χ0) is 14.0. The van der Waals surface area contributed by atoms with Gasteiger partial charge in [-0.25, -0.2) is 0 Å². The maximum Gasteiger partial charge on any atom is 0.0643 e. The summed E-state index contributed by atoms with van der Waals surface area (Å²) in [5.41, 5.74) is 1.19. The van der Waals surface area contributed by atoms with Crippen molar-refractivity contribution in [3.8, 4) is 6.07 Å². The molecule has 0 radical (unpaired) electrons. The Hall–Kier alpha value is -1.05. The summed E-state index contributed by atoms with van der Waals surface area (Å²) in [4.78, 5) is 4.72. The minimum Gasteiger partial charge on any atom is -0.359 e. The molecule has 1 aliphatic heterocycles. The van der Waals surface area contributed by atoms with Gasteiger partial charge in [0.15, 0.2) is 0 Å². The van der Waals surface area contributed by atoms with Crippen LogP contribution in [0.1, 0.15) is 20.3 Å². The molecule has 0 spiro atoms. The van der Waals surface area contributed by atoms with Crippen LogP contribution in [0.2, 0.25) is 0 Å². The fourth-order valence-corrected chi connectivity index (χ4v) is 3.64. The maximum absolute atomic E-state index is 9.10. The van der Waals surface area contributed by atoms with Gasteiger partial charge in [-0.3, -0.25) is 0 Å². The normalized spacial score (nSPS) is 23.1. The highest BCUT2D eigenvalue weighted by Gasteiger charge is 2.39. The van der Waals surface area contributed by atoms with Crippen molar-refractivity contribution in [2.24, 2.45) is 0 Å². The second kappa shape index (κ2) is 5.52. The lowest BCUT2D eigenvalue weighted by Gasteiger charge is -2.52. The number of piperazine rings is 1. The first-order chi connectivity index (χ1) is 8.95. The highest BCUT2D eigenvalue weighted by Crippen LogP contribution is 2.36. The van der Waals surface area contributed by atoms with Crippen molar-refractivity contribution in [3.63, 3.8) is 0 Å². The molecule has 0 bridgehead atoms. The van der Waals surface area contributed by atoms with E-state index in [0.717, 1.165) is 17.6 Å². The highest BCUT2D eigenvalue weighted by atomic mass is 79.9. The van der Waals surface area contributed by atoms with Crippen LogP contribution in [0.4, 0.5) is 5.69 Å². The Labute approximate surface area is 123 Å². The molecule has 3 nitrogen and oxygen atoms in total. The number of hydrogen-bond acceptors (Lipinski definition) is 3. The molecule has 1 aromatic carbocycles. The van der Waals surface area contributed by atoms with Crippen LogP contribution in [0.5, 0.6) is 0 Å². The lowest BCUT2D eigenvalue weighted by molar-refractivity contribution is 0.181. The van der Waals surface area contributed by atoms with E-state index in [1.165, 1.54) is 5.69 Å². The molecule has 1 fully saturated rings. The van der Waals surface area contributed by atoms with Crippen LogP contribution < -0.4 is 4.90 Å². The summed E-state index contributed by atoms with van der Waals surface area (Å²) in [5.74, 6) is 0. The van der Waals surface area contributed by atoms with Crippen molar-refractivity contribution in [3.05, 3.63) is 28.7 Å². The average molecular weight is 322 g/mol. The fourth-order valence-electron chi connectivity index (χ4n) is 3.17. The second-order valence-electron chi connectivity index (χ2n) is 5.85. The van der Waals surface area contributed by atoms with E-state index in [9.17, 15) is 0 Å². The third kappa shape index (κ3) is 2.93. The number of hydrogen-bond donors (Lipinski definition) is 0. The summed E-state index contributed by atoms with van der Waals surface area (Å²) in [6.45, 7) is 6.41. The number of nitriles is 1. The van der Waals surface area contributed by atoms with E-state index in [1.54, 1.807) is 0 Å². The van der Waals surface area contributed by atoms with E-state index in [0.29, 0.717) is 6.42 Å². The topological polar surface area (TPSA) is 30.3 Å². The van der Waals surface area contributed by atoms with Crippen LogP contribution in [0.3, 0.4) is 0 Å². The van der Waals surface area contributed by atoms with Crippen molar-refractivity contribution in [1.29, 1.82) is 5.26 Å². The Morgan fingerprint density at radius 2 is 2.11 bits per heavy atom. The predicted octanol–water partition coefficient (Wildman–Crippen LogP) is 3.26. The maximum atomic E-state index is 9.10. The van der Waals surface area contributed by atoms with Crippen LogP contribution >= 0.6 is 15.9 Å². The summed E-state index contributed by atoms with van der Waals surface area (Å²) in [6, 6.07) is 10.8. The standard InChI is InChI=1S/C15H20BrN3/c1-15(2)11-18(3)10-12(8-9-17)19(15)14-7-5-4-6-13(14)16/h4-7,12H,8,10-11H2,1-3H3. The van der Waals surface area contributed by atoms with Gasteiger partial charge in [0, 0.05) is 23.1 Å². The van der Waals surface area contributed by atoms with Gasteiger partial charge in [-0.1, -0.05) is 12.1 Å². The molecule has 0 amide bonds. The molecule has 102 valence electrons. The molecule has 0 N–H and O–H groups in total. The molecule has 1 aromatic rings. The quantitative estimate of drug-likeness (QED) is 0.837. The molecule has 1 heterocycles. The smallest absolute Gasteiger partial charge is 0.0643 e. The molecule has 19 heavy (non-hydrogen) atoms. The van der Waals surface area contributed by atoms with Crippen molar-refractivity contribution in [2.75, 3.05) is 25.0 Å². The van der Waals surface area contributed by atoms with Gasteiger partial charge in [-0.15, -0.1) is 0 Å². The Kier molecular flexibility index (Phi) is 4.17. The summed E-state index contributed by atoms with van der Waals surface area (Å²) in [6.07, 6.45) is 0.551. The first-order valence-electron chi connectivity index (χ1n) is 6.55. The highest BCUT2D eigenvalue weighted by molar-refractivity contribution is 9.10. The number of para-hydroxylation sites is 1. The Bertz CT molecular complexity index is 492. The van der Waals surface area contributed by atoms with Crippen molar-refractivity contribution in [1.82, 2.24) is 4.90 Å². The first kappa shape index (κ1) is 14.4. The number of rotatable bonds is 2. The van der Waals surface area contributed by atoms with Crippen LogP contribution in [-0.2, 0) is 0 Å². The van der Waals surface area contributed by atoms with Gasteiger partial charge < -0.3 is 9.80 Å². The lowest BCUT2D eigenvalue weighted by atomic mass is 9.93. The van der Waals surface area contributed by atoms with Gasteiger partial charge in [0.25, 0.3) is 0 Å². The third-order valence-electron chi connectivity index (χ3n) is 3.64. The molecule has 0 aromatic heterocycles. The SMILES string of the molecule is CN1CC(CC#N)N(c2ccccc2Br)C(C)(C)C1. The summed E-state index contributed by atoms with van der Waals surface area (Å²) >= 11 is 3.64. The summed E-state index contributed by atoms with van der Waals surface area (Å²) in [5, 5.41) is 9.10.